The molecule has 0 amide bonds. The number of benzene rings is 1. The molecule has 1 aromatic carbocycles. The van der Waals surface area contributed by atoms with Crippen molar-refractivity contribution in [2.24, 2.45) is 0 Å². The van der Waals surface area contributed by atoms with Crippen LogP contribution in [-0.2, 0) is 0 Å². The summed E-state index contributed by atoms with van der Waals surface area (Å²) >= 11 is 5.97. The summed E-state index contributed by atoms with van der Waals surface area (Å²) < 4.78 is 0. The molecule has 0 radical (unpaired) electrons. The van der Waals surface area contributed by atoms with Gasteiger partial charge >= 0.3 is 0 Å². The fraction of sp³-hybridized carbons (Fsp3) is 0.158. The van der Waals surface area contributed by atoms with E-state index in [1.54, 1.807) is 0 Å². The normalized spacial score (nSPS) is 11.2. The van der Waals surface area contributed by atoms with Crippen LogP contribution in [-0.4, -0.2) is 0 Å². The van der Waals surface area contributed by atoms with Gasteiger partial charge in [0.05, 0.1) is 0 Å². The molecule has 0 bridgehead atoms. The molecule has 0 spiro atoms. The molecular weight excluding hydrogens is 264 g/mol. The molecule has 0 aromatic heterocycles. The van der Waals surface area contributed by atoms with E-state index in [-0.39, 0.29) is 0 Å². The molecule has 1 heteroatoms. The molecule has 3 rings (SSSR count). The molecule has 100 valence electrons. The van der Waals surface area contributed by atoms with Crippen molar-refractivity contribution in [3.05, 3.63) is 71.2 Å². The zero-order chi connectivity index (χ0) is 14.1. The van der Waals surface area contributed by atoms with Gasteiger partial charge in [0.2, 0.25) is 0 Å². The molecule has 0 saturated carbocycles. The summed E-state index contributed by atoms with van der Waals surface area (Å²) in [4.78, 5) is 0. The van der Waals surface area contributed by atoms with E-state index in [1.165, 1.54) is 27.8 Å². The van der Waals surface area contributed by atoms with Gasteiger partial charge in [0.25, 0.3) is 0 Å². The third-order valence-electron chi connectivity index (χ3n) is 3.75. The number of rotatable bonds is 2. The van der Waals surface area contributed by atoms with Crippen molar-refractivity contribution in [1.82, 2.24) is 0 Å². The highest BCUT2D eigenvalue weighted by molar-refractivity contribution is 6.30. The second kappa shape index (κ2) is 5.30. The number of fused-ring (bicyclic) bond motifs is 1. The molecular formula is C19H17Cl. The van der Waals surface area contributed by atoms with Crippen molar-refractivity contribution >= 4 is 11.6 Å². The van der Waals surface area contributed by atoms with Crippen LogP contribution in [0.1, 0.15) is 25.3 Å². The van der Waals surface area contributed by atoms with Gasteiger partial charge in [0, 0.05) is 5.02 Å². The molecule has 0 nitrogen and oxygen atoms in total. The predicted octanol–water partition coefficient (Wildman–Crippen LogP) is 6.24. The maximum Gasteiger partial charge on any atom is 0.0406 e. The van der Waals surface area contributed by atoms with E-state index >= 15 is 0 Å². The van der Waals surface area contributed by atoms with E-state index in [0.717, 1.165) is 5.02 Å². The van der Waals surface area contributed by atoms with Crippen molar-refractivity contribution < 1.29 is 0 Å². The lowest BCUT2D eigenvalue weighted by molar-refractivity contribution is 0.868. The van der Waals surface area contributed by atoms with Gasteiger partial charge in [-0.05, 0) is 45.9 Å². The third kappa shape index (κ3) is 2.44. The smallest absolute Gasteiger partial charge is 0.0406 e. The van der Waals surface area contributed by atoms with Gasteiger partial charge in [-0.2, -0.15) is 0 Å². The monoisotopic (exact) mass is 280 g/mol. The number of halogens is 1. The first-order valence-corrected chi connectivity index (χ1v) is 7.31. The summed E-state index contributed by atoms with van der Waals surface area (Å²) in [5, 5.41) is 0.775. The average molecular weight is 281 g/mol. The van der Waals surface area contributed by atoms with E-state index < -0.39 is 0 Å². The second-order valence-corrected chi connectivity index (χ2v) is 5.88. The Balaban J connectivity index is 2.12. The van der Waals surface area contributed by atoms with Crippen LogP contribution >= 0.6 is 11.6 Å². The summed E-state index contributed by atoms with van der Waals surface area (Å²) in [5.41, 5.74) is 6.41. The predicted molar refractivity (Wildman–Crippen MR) is 87.6 cm³/mol. The van der Waals surface area contributed by atoms with Gasteiger partial charge in [-0.1, -0.05) is 74.0 Å². The first kappa shape index (κ1) is 13.2. The highest BCUT2D eigenvalue weighted by Gasteiger charge is 2.10. The Labute approximate surface area is 125 Å². The fourth-order valence-electron chi connectivity index (χ4n) is 2.53. The Kier molecular flexibility index (Phi) is 3.50. The molecule has 0 atom stereocenters. The fourth-order valence-corrected chi connectivity index (χ4v) is 2.65. The molecule has 2 aliphatic carbocycles. The van der Waals surface area contributed by atoms with E-state index in [0.29, 0.717) is 5.92 Å². The van der Waals surface area contributed by atoms with Crippen molar-refractivity contribution in [2.45, 2.75) is 19.8 Å². The van der Waals surface area contributed by atoms with Crippen LogP contribution < -0.4 is 0 Å². The van der Waals surface area contributed by atoms with Crippen LogP contribution in [0.15, 0.2) is 60.7 Å². The zero-order valence-electron chi connectivity index (χ0n) is 11.7. The third-order valence-corrected chi connectivity index (χ3v) is 4.00. The lowest BCUT2D eigenvalue weighted by Crippen LogP contribution is -1.81. The van der Waals surface area contributed by atoms with Crippen molar-refractivity contribution in [1.29, 1.82) is 0 Å². The molecule has 0 N–H and O–H groups in total. The lowest BCUT2D eigenvalue weighted by Gasteiger charge is -2.02. The SMILES string of the molecule is CC(C)c1ccc2ccc(-c3ccc(Cl)cc3)c-2cc1. The van der Waals surface area contributed by atoms with E-state index in [2.05, 4.69) is 62.4 Å². The van der Waals surface area contributed by atoms with Crippen LogP contribution in [0.5, 0.6) is 0 Å². The topological polar surface area (TPSA) is 0 Å². The Hall–Kier alpha value is -1.79. The summed E-state index contributed by atoms with van der Waals surface area (Å²) in [5.74, 6) is 0.547. The van der Waals surface area contributed by atoms with Crippen molar-refractivity contribution in [3.63, 3.8) is 0 Å². The Morgan fingerprint density at radius 3 is 1.70 bits per heavy atom. The summed E-state index contributed by atoms with van der Waals surface area (Å²) in [7, 11) is 0. The van der Waals surface area contributed by atoms with Crippen LogP contribution in [0.2, 0.25) is 5.02 Å². The van der Waals surface area contributed by atoms with Crippen molar-refractivity contribution in [2.75, 3.05) is 0 Å². The maximum absolute atomic E-state index is 5.97. The van der Waals surface area contributed by atoms with Crippen LogP contribution in [0, 0.1) is 0 Å². The highest BCUT2D eigenvalue weighted by Crippen LogP contribution is 2.36. The Morgan fingerprint density at radius 2 is 1.10 bits per heavy atom. The Bertz CT molecular complexity index is 695. The first-order valence-electron chi connectivity index (χ1n) is 6.94. The summed E-state index contributed by atoms with van der Waals surface area (Å²) in [6, 6.07) is 21.3. The molecule has 2 aliphatic rings. The lowest BCUT2D eigenvalue weighted by atomic mass is 10.0. The largest absolute Gasteiger partial charge is 0.0843 e. The zero-order valence-corrected chi connectivity index (χ0v) is 12.5. The van der Waals surface area contributed by atoms with Crippen molar-refractivity contribution in [3.8, 4) is 22.3 Å². The molecule has 0 saturated heterocycles. The minimum absolute atomic E-state index is 0.547. The molecule has 20 heavy (non-hydrogen) atoms. The number of hydrogen-bond donors (Lipinski definition) is 0. The van der Waals surface area contributed by atoms with Crippen LogP contribution in [0.4, 0.5) is 0 Å². The molecule has 0 unspecified atom stereocenters. The van der Waals surface area contributed by atoms with Gasteiger partial charge in [0.1, 0.15) is 0 Å². The minimum atomic E-state index is 0.547. The standard InChI is InChI=1S/C19H17Cl/c1-13(2)14-3-4-15-8-12-19(18(15)11-7-14)16-5-9-17(20)10-6-16/h3-13H,1-2H3. The highest BCUT2D eigenvalue weighted by atomic mass is 35.5. The molecule has 0 aliphatic heterocycles. The quantitative estimate of drug-likeness (QED) is 0.521. The maximum atomic E-state index is 5.97. The van der Waals surface area contributed by atoms with Crippen LogP contribution in [0.3, 0.4) is 0 Å². The van der Waals surface area contributed by atoms with Crippen LogP contribution in [0.25, 0.3) is 22.3 Å². The van der Waals surface area contributed by atoms with Gasteiger partial charge in [-0.25, -0.2) is 0 Å². The van der Waals surface area contributed by atoms with Gasteiger partial charge < -0.3 is 0 Å². The van der Waals surface area contributed by atoms with E-state index in [4.69, 9.17) is 11.6 Å². The Morgan fingerprint density at radius 1 is 0.650 bits per heavy atom. The second-order valence-electron chi connectivity index (χ2n) is 5.44. The first-order chi connectivity index (χ1) is 9.65. The van der Waals surface area contributed by atoms with Gasteiger partial charge in [-0.3, -0.25) is 0 Å². The van der Waals surface area contributed by atoms with Gasteiger partial charge in [0.15, 0.2) is 0 Å². The minimum Gasteiger partial charge on any atom is -0.0843 e. The molecule has 0 heterocycles. The average Bonchev–Trinajstić information content (AvgIpc) is 2.71. The van der Waals surface area contributed by atoms with E-state index in [9.17, 15) is 0 Å². The summed E-state index contributed by atoms with van der Waals surface area (Å²) in [6.45, 7) is 4.44. The van der Waals surface area contributed by atoms with E-state index in [1.807, 2.05) is 12.1 Å². The molecule has 1 aromatic rings. The number of hydrogen-bond acceptors (Lipinski definition) is 0. The summed E-state index contributed by atoms with van der Waals surface area (Å²) in [6.07, 6.45) is 0. The molecule has 0 fully saturated rings. The van der Waals surface area contributed by atoms with Gasteiger partial charge in [-0.15, -0.1) is 0 Å².